The van der Waals surface area contributed by atoms with Crippen LogP contribution in [0.25, 0.3) is 11.4 Å². The third kappa shape index (κ3) is 4.09. The molecule has 1 atom stereocenters. The van der Waals surface area contributed by atoms with Gasteiger partial charge < -0.3 is 15.9 Å². The first-order chi connectivity index (χ1) is 10.9. The summed E-state index contributed by atoms with van der Waals surface area (Å²) in [4.78, 5) is 11.5. The number of nitrogens with two attached hydrogens (primary N) is 1. The smallest absolute Gasteiger partial charge is 0.387 e. The molecule has 23 heavy (non-hydrogen) atoms. The Morgan fingerprint density at radius 3 is 2.57 bits per heavy atom. The van der Waals surface area contributed by atoms with E-state index in [9.17, 15) is 13.6 Å². The number of nitrogen functional groups attached to an aromatic ring is 1. The van der Waals surface area contributed by atoms with Crippen LogP contribution in [0.3, 0.4) is 0 Å². The number of carbonyl (C=O) groups excluding carboxylic acids is 1. The van der Waals surface area contributed by atoms with Crippen LogP contribution >= 0.6 is 11.8 Å². The Kier molecular flexibility index (Phi) is 5.37. The second-order valence-corrected chi connectivity index (χ2v) is 5.76. The van der Waals surface area contributed by atoms with Gasteiger partial charge in [0.1, 0.15) is 5.75 Å². The number of nitrogens with zero attached hydrogens (tertiary/aromatic N) is 3. The second kappa shape index (κ2) is 7.27. The number of amides is 1. The predicted octanol–water partition coefficient (Wildman–Crippen LogP) is 1.49. The van der Waals surface area contributed by atoms with Crippen LogP contribution in [0.2, 0.25) is 0 Å². The number of hydrogen-bond donors (Lipinski definition) is 2. The monoisotopic (exact) mass is 343 g/mol. The summed E-state index contributed by atoms with van der Waals surface area (Å²) in [5, 5.41) is 10.4. The molecular formula is C13H15F2N5O2S. The second-order valence-electron chi connectivity index (χ2n) is 4.45. The molecular weight excluding hydrogens is 328 g/mol. The van der Waals surface area contributed by atoms with Crippen LogP contribution in [0.5, 0.6) is 5.75 Å². The van der Waals surface area contributed by atoms with Crippen LogP contribution in [-0.4, -0.2) is 39.7 Å². The molecule has 2 aromatic rings. The Labute approximate surface area is 135 Å². The first-order valence-corrected chi connectivity index (χ1v) is 7.44. The molecule has 0 saturated carbocycles. The zero-order valence-electron chi connectivity index (χ0n) is 12.4. The maximum absolute atomic E-state index is 12.1. The number of ether oxygens (including phenoxy) is 1. The maximum atomic E-state index is 12.1. The van der Waals surface area contributed by atoms with Gasteiger partial charge in [-0.1, -0.05) is 11.8 Å². The molecule has 1 aromatic carbocycles. The fraction of sp³-hybridized carbons (Fsp3) is 0.308. The molecule has 124 valence electrons. The molecule has 0 radical (unpaired) electrons. The molecule has 1 aromatic heterocycles. The summed E-state index contributed by atoms with van der Waals surface area (Å²) in [5.74, 6) is 6.16. The zero-order valence-corrected chi connectivity index (χ0v) is 13.2. The summed E-state index contributed by atoms with van der Waals surface area (Å²) in [6, 6.07) is 5.86. The summed E-state index contributed by atoms with van der Waals surface area (Å²) in [6.45, 7) is -1.16. The summed E-state index contributed by atoms with van der Waals surface area (Å²) >= 11 is 1.16. The largest absolute Gasteiger partial charge is 0.435 e. The third-order valence-electron chi connectivity index (χ3n) is 2.90. The van der Waals surface area contributed by atoms with Gasteiger partial charge in [-0.25, -0.2) is 4.68 Å². The molecule has 0 aliphatic carbocycles. The zero-order chi connectivity index (χ0) is 17.0. The molecule has 10 heteroatoms. The number of benzene rings is 1. The Morgan fingerprint density at radius 2 is 2.00 bits per heavy atom. The quantitative estimate of drug-likeness (QED) is 0.609. The van der Waals surface area contributed by atoms with Crippen molar-refractivity contribution in [2.45, 2.75) is 23.9 Å². The summed E-state index contributed by atoms with van der Waals surface area (Å²) < 4.78 is 29.8. The van der Waals surface area contributed by atoms with Gasteiger partial charge in [0.25, 0.3) is 0 Å². The number of thioether (sulfide) groups is 1. The lowest BCUT2D eigenvalue weighted by molar-refractivity contribution is -0.119. The number of nitrogens with one attached hydrogen (secondary N) is 1. The number of alkyl halides is 2. The number of rotatable bonds is 6. The van der Waals surface area contributed by atoms with Crippen molar-refractivity contribution in [3.05, 3.63) is 24.3 Å². The van der Waals surface area contributed by atoms with Gasteiger partial charge in [-0.2, -0.15) is 8.78 Å². The maximum Gasteiger partial charge on any atom is 0.387 e. The van der Waals surface area contributed by atoms with Gasteiger partial charge in [0.2, 0.25) is 11.1 Å². The van der Waals surface area contributed by atoms with Crippen LogP contribution in [0.4, 0.5) is 8.78 Å². The van der Waals surface area contributed by atoms with Crippen molar-refractivity contribution in [1.29, 1.82) is 0 Å². The van der Waals surface area contributed by atoms with Gasteiger partial charge in [-0.3, -0.25) is 4.79 Å². The van der Waals surface area contributed by atoms with Crippen LogP contribution in [0, 0.1) is 0 Å². The number of carbonyl (C=O) groups is 1. The topological polar surface area (TPSA) is 95.1 Å². The highest BCUT2D eigenvalue weighted by molar-refractivity contribution is 8.00. The van der Waals surface area contributed by atoms with Crippen molar-refractivity contribution >= 4 is 17.7 Å². The van der Waals surface area contributed by atoms with Crippen LogP contribution in [-0.2, 0) is 4.79 Å². The van der Waals surface area contributed by atoms with E-state index in [1.165, 1.54) is 16.8 Å². The van der Waals surface area contributed by atoms with E-state index in [1.54, 1.807) is 26.1 Å². The fourth-order valence-corrected chi connectivity index (χ4v) is 2.58. The van der Waals surface area contributed by atoms with Crippen LogP contribution < -0.4 is 15.9 Å². The Morgan fingerprint density at radius 1 is 1.35 bits per heavy atom. The summed E-state index contributed by atoms with van der Waals surface area (Å²) in [7, 11) is 1.54. The number of aromatic nitrogens is 3. The van der Waals surface area contributed by atoms with Gasteiger partial charge in [0.15, 0.2) is 5.82 Å². The van der Waals surface area contributed by atoms with Crippen molar-refractivity contribution in [3.63, 3.8) is 0 Å². The van der Waals surface area contributed by atoms with E-state index in [0.29, 0.717) is 16.5 Å². The van der Waals surface area contributed by atoms with E-state index in [-0.39, 0.29) is 16.9 Å². The lowest BCUT2D eigenvalue weighted by Crippen LogP contribution is -2.27. The molecule has 0 bridgehead atoms. The van der Waals surface area contributed by atoms with Crippen molar-refractivity contribution in [1.82, 2.24) is 20.2 Å². The molecule has 0 fully saturated rings. The highest BCUT2D eigenvalue weighted by Gasteiger charge is 2.19. The molecule has 3 N–H and O–H groups in total. The summed E-state index contributed by atoms with van der Waals surface area (Å²) in [6.07, 6.45) is 0. The van der Waals surface area contributed by atoms with Gasteiger partial charge >= 0.3 is 6.61 Å². The molecule has 1 unspecified atom stereocenters. The van der Waals surface area contributed by atoms with Gasteiger partial charge in [0.05, 0.1) is 5.25 Å². The van der Waals surface area contributed by atoms with Gasteiger partial charge in [-0.15, -0.1) is 10.2 Å². The van der Waals surface area contributed by atoms with Crippen molar-refractivity contribution in [2.75, 3.05) is 12.9 Å². The molecule has 1 amide bonds. The molecule has 0 aliphatic heterocycles. The Balaban J connectivity index is 2.17. The molecule has 0 aliphatic rings. The average molecular weight is 343 g/mol. The molecule has 2 rings (SSSR count). The van der Waals surface area contributed by atoms with E-state index in [2.05, 4.69) is 20.3 Å². The molecule has 1 heterocycles. The van der Waals surface area contributed by atoms with Crippen LogP contribution in [0.15, 0.2) is 29.4 Å². The standard InChI is InChI=1S/C13H15F2N5O2S/c1-7(11(21)17-2)23-13-19-18-10(20(13)16)8-3-5-9(6-4-8)22-12(14)15/h3-7,12H,16H2,1-2H3,(H,17,21). The molecule has 0 saturated heterocycles. The third-order valence-corrected chi connectivity index (χ3v) is 3.96. The van der Waals surface area contributed by atoms with E-state index >= 15 is 0 Å². The van der Waals surface area contributed by atoms with Crippen LogP contribution in [0.1, 0.15) is 6.92 Å². The molecule has 7 nitrogen and oxygen atoms in total. The van der Waals surface area contributed by atoms with Crippen molar-refractivity contribution < 1.29 is 18.3 Å². The molecule has 0 spiro atoms. The SMILES string of the molecule is CNC(=O)C(C)Sc1nnc(-c2ccc(OC(F)F)cc2)n1N. The first kappa shape index (κ1) is 17.0. The minimum absolute atomic E-state index is 0.0367. The van der Waals surface area contributed by atoms with Crippen molar-refractivity contribution in [2.24, 2.45) is 0 Å². The summed E-state index contributed by atoms with van der Waals surface area (Å²) in [5.41, 5.74) is 0.584. The van der Waals surface area contributed by atoms with E-state index < -0.39 is 6.61 Å². The highest BCUT2D eigenvalue weighted by Crippen LogP contribution is 2.26. The van der Waals surface area contributed by atoms with E-state index in [1.807, 2.05) is 0 Å². The highest BCUT2D eigenvalue weighted by atomic mass is 32.2. The minimum Gasteiger partial charge on any atom is -0.435 e. The van der Waals surface area contributed by atoms with Crippen molar-refractivity contribution in [3.8, 4) is 17.1 Å². The normalized spacial score (nSPS) is 12.2. The van der Waals surface area contributed by atoms with Gasteiger partial charge in [0, 0.05) is 12.6 Å². The number of hydrogen-bond acceptors (Lipinski definition) is 6. The lowest BCUT2D eigenvalue weighted by Gasteiger charge is -2.09. The predicted molar refractivity (Wildman–Crippen MR) is 81.6 cm³/mol. The van der Waals surface area contributed by atoms with E-state index in [4.69, 9.17) is 5.84 Å². The minimum atomic E-state index is -2.88. The number of halogens is 2. The lowest BCUT2D eigenvalue weighted by atomic mass is 10.2. The Hall–Kier alpha value is -2.36. The first-order valence-electron chi connectivity index (χ1n) is 6.56. The fourth-order valence-electron chi connectivity index (χ4n) is 1.75. The van der Waals surface area contributed by atoms with E-state index in [0.717, 1.165) is 11.8 Å². The van der Waals surface area contributed by atoms with Gasteiger partial charge in [-0.05, 0) is 31.2 Å². The average Bonchev–Trinajstić information content (AvgIpc) is 2.87. The Bertz CT molecular complexity index is 678.